The van der Waals surface area contributed by atoms with Crippen LogP contribution in [0.3, 0.4) is 0 Å². The molecule has 1 fully saturated rings. The second kappa shape index (κ2) is 6.08. The summed E-state index contributed by atoms with van der Waals surface area (Å²) in [6.07, 6.45) is 1.97. The van der Waals surface area contributed by atoms with Crippen LogP contribution < -0.4 is 0 Å². The minimum atomic E-state index is 0.101. The summed E-state index contributed by atoms with van der Waals surface area (Å²) in [7, 11) is 0. The Balaban J connectivity index is 1.78. The molecule has 22 heavy (non-hydrogen) atoms. The summed E-state index contributed by atoms with van der Waals surface area (Å²) in [6.45, 7) is 4.32. The minimum absolute atomic E-state index is 0.101. The molecule has 116 valence electrons. The zero-order valence-electron chi connectivity index (χ0n) is 12.6. The highest BCUT2D eigenvalue weighted by Gasteiger charge is 2.35. The number of benzene rings is 1. The molecule has 0 unspecified atom stereocenters. The fourth-order valence-electron chi connectivity index (χ4n) is 2.29. The maximum absolute atomic E-state index is 12.3. The van der Waals surface area contributed by atoms with E-state index in [1.165, 1.54) is 0 Å². The number of carbonyl (C=O) groups is 1. The first kappa shape index (κ1) is 15.0. The molecule has 1 aromatic heterocycles. The number of rotatable bonds is 5. The molecule has 1 amide bonds. The molecule has 2 aromatic rings. The van der Waals surface area contributed by atoms with Crippen LogP contribution >= 0.6 is 11.6 Å². The first-order valence-electron chi connectivity index (χ1n) is 7.44. The SMILES string of the molecule is CC(C)N(Cc1nnc(-c2ccccc2Cl)o1)C(=O)C1CC1. The Morgan fingerprint density at radius 3 is 2.73 bits per heavy atom. The van der Waals surface area contributed by atoms with Gasteiger partial charge >= 0.3 is 0 Å². The third-order valence-corrected chi connectivity index (χ3v) is 4.04. The number of aromatic nitrogens is 2. The van der Waals surface area contributed by atoms with Gasteiger partial charge in [-0.3, -0.25) is 4.79 Å². The minimum Gasteiger partial charge on any atom is -0.419 e. The van der Waals surface area contributed by atoms with E-state index in [0.717, 1.165) is 12.8 Å². The van der Waals surface area contributed by atoms with Gasteiger partial charge in [0, 0.05) is 12.0 Å². The molecular weight excluding hydrogens is 302 g/mol. The van der Waals surface area contributed by atoms with Crippen molar-refractivity contribution in [1.82, 2.24) is 15.1 Å². The molecule has 6 heteroatoms. The van der Waals surface area contributed by atoms with Crippen molar-refractivity contribution >= 4 is 17.5 Å². The third kappa shape index (κ3) is 3.14. The van der Waals surface area contributed by atoms with Gasteiger partial charge in [-0.05, 0) is 38.8 Å². The van der Waals surface area contributed by atoms with E-state index in [9.17, 15) is 4.79 Å². The number of halogens is 1. The maximum Gasteiger partial charge on any atom is 0.249 e. The van der Waals surface area contributed by atoms with E-state index in [1.807, 2.05) is 32.0 Å². The molecule has 1 aromatic carbocycles. The summed E-state index contributed by atoms with van der Waals surface area (Å²) < 4.78 is 5.68. The molecule has 0 N–H and O–H groups in total. The Hall–Kier alpha value is -1.88. The Bertz CT molecular complexity index is 680. The Labute approximate surface area is 134 Å². The van der Waals surface area contributed by atoms with Crippen molar-refractivity contribution in [2.45, 2.75) is 39.3 Å². The highest BCUT2D eigenvalue weighted by atomic mass is 35.5. The molecule has 0 saturated heterocycles. The Morgan fingerprint density at radius 2 is 2.09 bits per heavy atom. The molecular formula is C16H18ClN3O2. The molecule has 1 aliphatic rings. The van der Waals surface area contributed by atoms with Crippen LogP contribution in [0.2, 0.25) is 5.02 Å². The van der Waals surface area contributed by atoms with Gasteiger partial charge in [0.15, 0.2) is 0 Å². The zero-order chi connectivity index (χ0) is 15.7. The third-order valence-electron chi connectivity index (χ3n) is 3.71. The van der Waals surface area contributed by atoms with Crippen molar-refractivity contribution in [3.8, 4) is 11.5 Å². The van der Waals surface area contributed by atoms with Crippen molar-refractivity contribution in [2.24, 2.45) is 5.92 Å². The van der Waals surface area contributed by atoms with Gasteiger partial charge < -0.3 is 9.32 Å². The lowest BCUT2D eigenvalue weighted by atomic mass is 10.2. The Morgan fingerprint density at radius 1 is 1.36 bits per heavy atom. The highest BCUT2D eigenvalue weighted by molar-refractivity contribution is 6.33. The first-order chi connectivity index (χ1) is 10.6. The van der Waals surface area contributed by atoms with Gasteiger partial charge in [0.25, 0.3) is 0 Å². The standard InChI is InChI=1S/C16H18ClN3O2/c1-10(2)20(16(21)11-7-8-11)9-14-18-19-15(22-14)12-5-3-4-6-13(12)17/h3-6,10-11H,7-9H2,1-2H3. The maximum atomic E-state index is 12.3. The van der Waals surface area contributed by atoms with Crippen LogP contribution in [-0.4, -0.2) is 27.0 Å². The molecule has 0 atom stereocenters. The van der Waals surface area contributed by atoms with Crippen molar-refractivity contribution in [3.63, 3.8) is 0 Å². The first-order valence-corrected chi connectivity index (χ1v) is 7.82. The van der Waals surface area contributed by atoms with Gasteiger partial charge in [-0.1, -0.05) is 23.7 Å². The lowest BCUT2D eigenvalue weighted by Crippen LogP contribution is -2.37. The lowest BCUT2D eigenvalue weighted by molar-refractivity contribution is -0.135. The van der Waals surface area contributed by atoms with Crippen LogP contribution in [0.4, 0.5) is 0 Å². The average molecular weight is 320 g/mol. The van der Waals surface area contributed by atoms with Crippen LogP contribution in [0.5, 0.6) is 0 Å². The Kier molecular flexibility index (Phi) is 4.16. The van der Waals surface area contributed by atoms with Crippen molar-refractivity contribution in [2.75, 3.05) is 0 Å². The fourth-order valence-corrected chi connectivity index (χ4v) is 2.50. The summed E-state index contributed by atoms with van der Waals surface area (Å²) >= 11 is 6.13. The van der Waals surface area contributed by atoms with Crippen LogP contribution in [0.1, 0.15) is 32.6 Å². The monoisotopic (exact) mass is 319 g/mol. The summed E-state index contributed by atoms with van der Waals surface area (Å²) in [6, 6.07) is 7.41. The second-order valence-corrected chi connectivity index (χ2v) is 6.22. The zero-order valence-corrected chi connectivity index (χ0v) is 13.4. The van der Waals surface area contributed by atoms with Gasteiger partial charge in [-0.15, -0.1) is 10.2 Å². The quantitative estimate of drug-likeness (QED) is 0.845. The van der Waals surface area contributed by atoms with E-state index >= 15 is 0 Å². The molecule has 0 bridgehead atoms. The van der Waals surface area contributed by atoms with Crippen LogP contribution in [0.15, 0.2) is 28.7 Å². The van der Waals surface area contributed by atoms with Crippen LogP contribution in [0, 0.1) is 5.92 Å². The largest absolute Gasteiger partial charge is 0.419 e. The lowest BCUT2D eigenvalue weighted by Gasteiger charge is -2.25. The summed E-state index contributed by atoms with van der Waals surface area (Å²) in [5, 5.41) is 8.65. The summed E-state index contributed by atoms with van der Waals surface area (Å²) in [5.74, 6) is 1.15. The fraction of sp³-hybridized carbons (Fsp3) is 0.438. The molecule has 5 nitrogen and oxygen atoms in total. The van der Waals surface area contributed by atoms with Crippen molar-refractivity contribution in [1.29, 1.82) is 0 Å². The van der Waals surface area contributed by atoms with Gasteiger partial charge in [-0.25, -0.2) is 0 Å². The highest BCUT2D eigenvalue weighted by Crippen LogP contribution is 2.32. The van der Waals surface area contributed by atoms with Gasteiger partial charge in [0.2, 0.25) is 17.7 Å². The van der Waals surface area contributed by atoms with E-state index < -0.39 is 0 Å². The number of carbonyl (C=O) groups excluding carboxylic acids is 1. The van der Waals surface area contributed by atoms with Gasteiger partial charge in [-0.2, -0.15) is 0 Å². The molecule has 0 spiro atoms. The molecule has 1 saturated carbocycles. The van der Waals surface area contributed by atoms with Gasteiger partial charge in [0.05, 0.1) is 17.1 Å². The van der Waals surface area contributed by atoms with E-state index in [0.29, 0.717) is 28.9 Å². The normalized spacial score (nSPS) is 14.4. The van der Waals surface area contributed by atoms with Crippen molar-refractivity contribution < 1.29 is 9.21 Å². The molecule has 0 aliphatic heterocycles. The van der Waals surface area contributed by atoms with E-state index in [2.05, 4.69) is 10.2 Å². The van der Waals surface area contributed by atoms with Crippen molar-refractivity contribution in [3.05, 3.63) is 35.2 Å². The number of amides is 1. The molecule has 1 heterocycles. The smallest absolute Gasteiger partial charge is 0.249 e. The molecule has 3 rings (SSSR count). The number of nitrogens with zero attached hydrogens (tertiary/aromatic N) is 3. The molecule has 1 aliphatic carbocycles. The number of hydrogen-bond acceptors (Lipinski definition) is 4. The predicted molar refractivity (Wildman–Crippen MR) is 83.2 cm³/mol. The number of hydrogen-bond donors (Lipinski definition) is 0. The topological polar surface area (TPSA) is 59.2 Å². The predicted octanol–water partition coefficient (Wildman–Crippen LogP) is 3.54. The molecule has 0 radical (unpaired) electrons. The second-order valence-electron chi connectivity index (χ2n) is 5.81. The van der Waals surface area contributed by atoms with E-state index in [4.69, 9.17) is 16.0 Å². The summed E-state index contributed by atoms with van der Waals surface area (Å²) in [4.78, 5) is 14.1. The van der Waals surface area contributed by atoms with E-state index in [-0.39, 0.29) is 17.9 Å². The van der Waals surface area contributed by atoms with Crippen LogP contribution in [-0.2, 0) is 11.3 Å². The average Bonchev–Trinajstić information content (AvgIpc) is 3.24. The summed E-state index contributed by atoms with van der Waals surface area (Å²) in [5.41, 5.74) is 0.701. The van der Waals surface area contributed by atoms with E-state index in [1.54, 1.807) is 11.0 Å². The van der Waals surface area contributed by atoms with Gasteiger partial charge in [0.1, 0.15) is 0 Å². The van der Waals surface area contributed by atoms with Crippen LogP contribution in [0.25, 0.3) is 11.5 Å².